The molecule has 0 rings (SSSR count). The summed E-state index contributed by atoms with van der Waals surface area (Å²) in [6, 6.07) is 0. The second-order valence-corrected chi connectivity index (χ2v) is 15.7. The van der Waals surface area contributed by atoms with Crippen LogP contribution in [0.3, 0.4) is 0 Å². The van der Waals surface area contributed by atoms with Gasteiger partial charge in [-0.15, -0.1) is 0 Å². The number of carbonyl (C=O) groups is 1. The first-order chi connectivity index (χ1) is 25.4. The van der Waals surface area contributed by atoms with Crippen LogP contribution in [0, 0.1) is 0 Å². The van der Waals surface area contributed by atoms with Crippen LogP contribution in [0.2, 0.25) is 0 Å². The summed E-state index contributed by atoms with van der Waals surface area (Å²) in [5, 5.41) is 0. The van der Waals surface area contributed by atoms with Crippen LogP contribution in [-0.4, -0.2) is 49.9 Å². The average Bonchev–Trinajstić information content (AvgIpc) is 3.13. The summed E-state index contributed by atoms with van der Waals surface area (Å²) < 4.78 is 33.3. The second kappa shape index (κ2) is 40.9. The van der Waals surface area contributed by atoms with Crippen molar-refractivity contribution in [2.45, 2.75) is 200 Å². The Morgan fingerprint density at radius 3 is 1.52 bits per heavy atom. The first kappa shape index (κ1) is 50.7. The van der Waals surface area contributed by atoms with Crippen molar-refractivity contribution < 1.29 is 32.8 Å². The Morgan fingerprint density at radius 1 is 0.577 bits per heavy atom. The van der Waals surface area contributed by atoms with Crippen molar-refractivity contribution in [3.8, 4) is 0 Å². The van der Waals surface area contributed by atoms with Crippen LogP contribution in [0.15, 0.2) is 36.5 Å². The van der Waals surface area contributed by atoms with Gasteiger partial charge >= 0.3 is 13.8 Å². The molecule has 9 heteroatoms. The lowest BCUT2D eigenvalue weighted by Crippen LogP contribution is -2.28. The zero-order valence-electron chi connectivity index (χ0n) is 33.8. The fourth-order valence-electron chi connectivity index (χ4n) is 5.89. The number of rotatable bonds is 41. The van der Waals surface area contributed by atoms with E-state index < -0.39 is 13.9 Å². The highest BCUT2D eigenvalue weighted by Gasteiger charge is 2.25. The molecule has 0 aromatic heterocycles. The van der Waals surface area contributed by atoms with E-state index in [4.69, 9.17) is 24.3 Å². The zero-order chi connectivity index (χ0) is 38.1. The van der Waals surface area contributed by atoms with Gasteiger partial charge in [-0.2, -0.15) is 0 Å². The van der Waals surface area contributed by atoms with Gasteiger partial charge in [0.1, 0.15) is 6.10 Å². The molecule has 8 nitrogen and oxygen atoms in total. The van der Waals surface area contributed by atoms with Crippen molar-refractivity contribution in [2.75, 3.05) is 33.0 Å². The second-order valence-electron chi connectivity index (χ2n) is 14.2. The molecule has 0 spiro atoms. The van der Waals surface area contributed by atoms with E-state index in [-0.39, 0.29) is 32.3 Å². The molecule has 0 aromatic rings. The molecular weight excluding hydrogens is 673 g/mol. The molecule has 0 saturated carbocycles. The molecule has 0 radical (unpaired) electrons. The van der Waals surface area contributed by atoms with Gasteiger partial charge in [0, 0.05) is 19.6 Å². The molecule has 0 aliphatic rings. The molecule has 306 valence electrons. The van der Waals surface area contributed by atoms with Gasteiger partial charge < -0.3 is 20.1 Å². The number of esters is 1. The molecule has 0 aliphatic carbocycles. The SMILES string of the molecule is CCCCCCC/C=C\C/C=C\C/C=C\CCCCCCCCCCCOCC(COP(=O)(O)OCCN)OC(=O)CCCCCCCCCCC. The van der Waals surface area contributed by atoms with Gasteiger partial charge in [-0.25, -0.2) is 4.57 Å². The molecule has 0 aliphatic heterocycles. The summed E-state index contributed by atoms with van der Waals surface area (Å²) >= 11 is 0. The molecule has 0 fully saturated rings. The Balaban J connectivity index is 3.92. The Labute approximate surface area is 320 Å². The van der Waals surface area contributed by atoms with Gasteiger partial charge in [-0.3, -0.25) is 13.8 Å². The molecular formula is C43H82NO7P. The number of hydrogen-bond acceptors (Lipinski definition) is 7. The van der Waals surface area contributed by atoms with Crippen LogP contribution in [-0.2, 0) is 27.9 Å². The highest BCUT2D eigenvalue weighted by atomic mass is 31.2. The van der Waals surface area contributed by atoms with Gasteiger partial charge in [0.15, 0.2) is 0 Å². The summed E-state index contributed by atoms with van der Waals surface area (Å²) in [4.78, 5) is 22.3. The third kappa shape index (κ3) is 39.9. The van der Waals surface area contributed by atoms with Gasteiger partial charge in [-0.1, -0.05) is 172 Å². The molecule has 0 aromatic carbocycles. The molecule has 3 N–H and O–H groups in total. The van der Waals surface area contributed by atoms with Gasteiger partial charge in [0.05, 0.1) is 19.8 Å². The molecule has 0 saturated heterocycles. The zero-order valence-corrected chi connectivity index (χ0v) is 34.7. The number of allylic oxidation sites excluding steroid dienone is 6. The molecule has 2 unspecified atom stereocenters. The van der Waals surface area contributed by atoms with E-state index in [1.54, 1.807) is 0 Å². The fourth-order valence-corrected chi connectivity index (χ4v) is 6.65. The molecule has 52 heavy (non-hydrogen) atoms. The van der Waals surface area contributed by atoms with Crippen molar-refractivity contribution >= 4 is 13.8 Å². The summed E-state index contributed by atoms with van der Waals surface area (Å²) in [5.41, 5.74) is 5.35. The third-order valence-electron chi connectivity index (χ3n) is 9.06. The van der Waals surface area contributed by atoms with Crippen LogP contribution in [0.4, 0.5) is 0 Å². The van der Waals surface area contributed by atoms with E-state index in [1.807, 2.05) is 0 Å². The lowest BCUT2D eigenvalue weighted by molar-refractivity contribution is -0.154. The Bertz CT molecular complexity index is 895. The maximum absolute atomic E-state index is 12.5. The van der Waals surface area contributed by atoms with Crippen LogP contribution in [0.25, 0.3) is 0 Å². The quantitative estimate of drug-likeness (QED) is 0.0274. The number of hydrogen-bond donors (Lipinski definition) is 2. The molecule has 0 heterocycles. The maximum Gasteiger partial charge on any atom is 0.472 e. The minimum absolute atomic E-state index is 0.0960. The predicted molar refractivity (Wildman–Crippen MR) is 220 cm³/mol. The minimum Gasteiger partial charge on any atom is -0.457 e. The van der Waals surface area contributed by atoms with Gasteiger partial charge in [-0.05, 0) is 51.4 Å². The number of carbonyl (C=O) groups excluding carboxylic acids is 1. The molecule has 2 atom stereocenters. The largest absolute Gasteiger partial charge is 0.472 e. The molecule has 0 bridgehead atoms. The summed E-state index contributed by atoms with van der Waals surface area (Å²) in [6.07, 6.45) is 46.0. The van der Waals surface area contributed by atoms with E-state index in [2.05, 4.69) is 50.3 Å². The number of phosphoric ester groups is 1. The lowest BCUT2D eigenvalue weighted by atomic mass is 10.1. The monoisotopic (exact) mass is 756 g/mol. The summed E-state index contributed by atoms with van der Waals surface area (Å²) in [5.74, 6) is -0.336. The fraction of sp³-hybridized carbons (Fsp3) is 0.837. The van der Waals surface area contributed by atoms with Crippen molar-refractivity contribution in [1.82, 2.24) is 0 Å². The van der Waals surface area contributed by atoms with Crippen molar-refractivity contribution in [2.24, 2.45) is 5.73 Å². The highest BCUT2D eigenvalue weighted by molar-refractivity contribution is 7.47. The number of ether oxygens (including phenoxy) is 2. The van der Waals surface area contributed by atoms with Crippen LogP contribution < -0.4 is 5.73 Å². The standard InChI is InChI=1S/C43H82NO7P/c1-3-5-7-9-11-13-14-15-16-17-18-19-20-21-22-23-24-25-26-27-29-31-33-35-38-48-40-42(41-50-52(46,47)49-39-37-44)51-43(45)36-34-32-30-28-12-10-8-6-4-2/h14-15,17-18,20-21,42H,3-13,16,19,22-41,44H2,1-2H3,(H,46,47)/b15-14-,18-17-,21-20-. The molecule has 0 amide bonds. The Morgan fingerprint density at radius 2 is 1.02 bits per heavy atom. The first-order valence-corrected chi connectivity index (χ1v) is 23.0. The van der Waals surface area contributed by atoms with Gasteiger partial charge in [0.25, 0.3) is 0 Å². The smallest absolute Gasteiger partial charge is 0.457 e. The Hall–Kier alpha value is -1.28. The number of phosphoric acid groups is 1. The normalized spacial score (nSPS) is 13.8. The Kier molecular flexibility index (Phi) is 39.9. The number of nitrogens with two attached hydrogens (primary N) is 1. The van der Waals surface area contributed by atoms with Crippen molar-refractivity contribution in [1.29, 1.82) is 0 Å². The van der Waals surface area contributed by atoms with E-state index in [1.165, 1.54) is 128 Å². The van der Waals surface area contributed by atoms with E-state index in [9.17, 15) is 14.3 Å². The van der Waals surface area contributed by atoms with Crippen molar-refractivity contribution in [3.05, 3.63) is 36.5 Å². The topological polar surface area (TPSA) is 117 Å². The predicted octanol–water partition coefficient (Wildman–Crippen LogP) is 12.6. The maximum atomic E-state index is 12.5. The van der Waals surface area contributed by atoms with Crippen LogP contribution in [0.1, 0.15) is 194 Å². The van der Waals surface area contributed by atoms with E-state index in [0.29, 0.717) is 13.0 Å². The van der Waals surface area contributed by atoms with Crippen LogP contribution >= 0.6 is 7.82 Å². The third-order valence-corrected chi connectivity index (χ3v) is 10.0. The summed E-state index contributed by atoms with van der Waals surface area (Å²) in [6.45, 7) is 4.88. The van der Waals surface area contributed by atoms with Crippen LogP contribution in [0.5, 0.6) is 0 Å². The average molecular weight is 756 g/mol. The van der Waals surface area contributed by atoms with E-state index in [0.717, 1.165) is 44.9 Å². The van der Waals surface area contributed by atoms with E-state index >= 15 is 0 Å². The lowest BCUT2D eigenvalue weighted by Gasteiger charge is -2.20. The highest BCUT2D eigenvalue weighted by Crippen LogP contribution is 2.43. The first-order valence-electron chi connectivity index (χ1n) is 21.5. The minimum atomic E-state index is -4.27. The van der Waals surface area contributed by atoms with Crippen molar-refractivity contribution in [3.63, 3.8) is 0 Å². The number of unbranched alkanes of at least 4 members (excludes halogenated alkanes) is 22. The summed E-state index contributed by atoms with van der Waals surface area (Å²) in [7, 11) is -4.27. The van der Waals surface area contributed by atoms with Gasteiger partial charge in [0.2, 0.25) is 0 Å².